The molecule has 0 saturated carbocycles. The van der Waals surface area contributed by atoms with Gasteiger partial charge in [-0.1, -0.05) is 0 Å². The Morgan fingerprint density at radius 3 is 2.55 bits per heavy atom. The number of anilines is 2. The molecule has 0 saturated heterocycles. The van der Waals surface area contributed by atoms with E-state index in [0.717, 1.165) is 12.3 Å². The predicted molar refractivity (Wildman–Crippen MR) is 69.1 cm³/mol. The highest BCUT2D eigenvalue weighted by molar-refractivity contribution is 5.49. The summed E-state index contributed by atoms with van der Waals surface area (Å²) in [5.41, 5.74) is 5.79. The van der Waals surface area contributed by atoms with E-state index in [2.05, 4.69) is 10.3 Å². The van der Waals surface area contributed by atoms with Crippen LogP contribution >= 0.6 is 0 Å². The molecule has 1 heterocycles. The van der Waals surface area contributed by atoms with Crippen molar-refractivity contribution in [3.8, 4) is 5.75 Å². The number of alkyl halides is 3. The highest BCUT2D eigenvalue weighted by atomic mass is 19.4. The standard InChI is InChI=1S/C13H12F3N3O/c14-13(15,16)9-1-4-12(19-7-9)18-6-8-5-10(17)2-3-11(8)20/h1-5,7,20H,6,17H2,(H,18,19). The minimum atomic E-state index is -4.41. The smallest absolute Gasteiger partial charge is 0.417 e. The molecule has 1 aromatic carbocycles. The molecule has 1 aromatic heterocycles. The van der Waals surface area contributed by atoms with Crippen molar-refractivity contribution in [2.45, 2.75) is 12.7 Å². The van der Waals surface area contributed by atoms with E-state index in [4.69, 9.17) is 5.73 Å². The summed E-state index contributed by atoms with van der Waals surface area (Å²) < 4.78 is 37.1. The Hall–Kier alpha value is -2.44. The van der Waals surface area contributed by atoms with Crippen molar-refractivity contribution in [1.82, 2.24) is 4.98 Å². The third-order valence-electron chi connectivity index (χ3n) is 2.65. The lowest BCUT2D eigenvalue weighted by atomic mass is 10.2. The van der Waals surface area contributed by atoms with E-state index in [-0.39, 0.29) is 18.1 Å². The Balaban J connectivity index is 2.06. The van der Waals surface area contributed by atoms with Crippen LogP contribution in [0.15, 0.2) is 36.5 Å². The summed E-state index contributed by atoms with van der Waals surface area (Å²) in [6, 6.07) is 6.74. The van der Waals surface area contributed by atoms with Gasteiger partial charge in [-0.2, -0.15) is 13.2 Å². The molecule has 0 aliphatic rings. The molecule has 0 fully saturated rings. The lowest BCUT2D eigenvalue weighted by Gasteiger charge is -2.10. The van der Waals surface area contributed by atoms with Crippen LogP contribution in [0.4, 0.5) is 24.7 Å². The van der Waals surface area contributed by atoms with Gasteiger partial charge in [-0.25, -0.2) is 4.98 Å². The van der Waals surface area contributed by atoms with Gasteiger partial charge >= 0.3 is 6.18 Å². The maximum Gasteiger partial charge on any atom is 0.417 e. The summed E-state index contributed by atoms with van der Waals surface area (Å²) in [6.45, 7) is 0.204. The van der Waals surface area contributed by atoms with E-state index in [1.807, 2.05) is 0 Å². The second-order valence-corrected chi connectivity index (χ2v) is 4.17. The number of aromatic nitrogens is 1. The number of hydrogen-bond acceptors (Lipinski definition) is 4. The largest absolute Gasteiger partial charge is 0.508 e. The number of rotatable bonds is 3. The Labute approximate surface area is 113 Å². The number of aromatic hydroxyl groups is 1. The molecule has 0 spiro atoms. The van der Waals surface area contributed by atoms with Crippen molar-refractivity contribution in [3.63, 3.8) is 0 Å². The van der Waals surface area contributed by atoms with Gasteiger partial charge < -0.3 is 16.2 Å². The van der Waals surface area contributed by atoms with E-state index in [1.165, 1.54) is 12.1 Å². The minimum Gasteiger partial charge on any atom is -0.508 e. The van der Waals surface area contributed by atoms with E-state index >= 15 is 0 Å². The summed E-state index contributed by atoms with van der Waals surface area (Å²) in [5.74, 6) is 0.332. The average molecular weight is 283 g/mol. The molecular formula is C13H12F3N3O. The van der Waals surface area contributed by atoms with Crippen molar-refractivity contribution in [2.24, 2.45) is 0 Å². The zero-order chi connectivity index (χ0) is 14.8. The maximum absolute atomic E-state index is 12.4. The number of pyridine rings is 1. The SMILES string of the molecule is Nc1ccc(O)c(CNc2ccc(C(F)(F)F)cn2)c1. The first-order chi connectivity index (χ1) is 9.36. The third-order valence-corrected chi connectivity index (χ3v) is 2.65. The first-order valence-electron chi connectivity index (χ1n) is 5.71. The van der Waals surface area contributed by atoms with Gasteiger partial charge in [0, 0.05) is 24.0 Å². The number of nitrogens with one attached hydrogen (secondary N) is 1. The van der Waals surface area contributed by atoms with Gasteiger partial charge in [0.2, 0.25) is 0 Å². The zero-order valence-electron chi connectivity index (χ0n) is 10.3. The van der Waals surface area contributed by atoms with E-state index in [9.17, 15) is 18.3 Å². The average Bonchev–Trinajstić information content (AvgIpc) is 2.39. The molecule has 0 aliphatic carbocycles. The summed E-state index contributed by atoms with van der Waals surface area (Å²) in [5, 5.41) is 12.4. The zero-order valence-corrected chi connectivity index (χ0v) is 10.3. The van der Waals surface area contributed by atoms with Gasteiger partial charge in [-0.15, -0.1) is 0 Å². The normalized spacial score (nSPS) is 11.3. The van der Waals surface area contributed by atoms with Gasteiger partial charge in [0.1, 0.15) is 11.6 Å². The number of nitrogen functional groups attached to an aromatic ring is 1. The Bertz CT molecular complexity index is 597. The Morgan fingerprint density at radius 2 is 1.95 bits per heavy atom. The van der Waals surface area contributed by atoms with Gasteiger partial charge in [-0.05, 0) is 30.3 Å². The van der Waals surface area contributed by atoms with Gasteiger partial charge in [0.15, 0.2) is 0 Å². The second-order valence-electron chi connectivity index (χ2n) is 4.17. The fourth-order valence-corrected chi connectivity index (χ4v) is 1.60. The molecule has 0 amide bonds. The highest BCUT2D eigenvalue weighted by Crippen LogP contribution is 2.29. The number of phenols is 1. The van der Waals surface area contributed by atoms with Gasteiger partial charge in [0.05, 0.1) is 5.56 Å². The Morgan fingerprint density at radius 1 is 1.20 bits per heavy atom. The van der Waals surface area contributed by atoms with Crippen molar-refractivity contribution < 1.29 is 18.3 Å². The van der Waals surface area contributed by atoms with Crippen LogP contribution in [0.2, 0.25) is 0 Å². The monoisotopic (exact) mass is 283 g/mol. The van der Waals surface area contributed by atoms with Crippen LogP contribution in [0, 0.1) is 0 Å². The number of halogens is 3. The molecule has 0 unspecified atom stereocenters. The first-order valence-corrected chi connectivity index (χ1v) is 5.71. The van der Waals surface area contributed by atoms with Crippen molar-refractivity contribution >= 4 is 11.5 Å². The number of nitrogens with two attached hydrogens (primary N) is 1. The first kappa shape index (κ1) is 14.0. The topological polar surface area (TPSA) is 71.2 Å². The molecule has 7 heteroatoms. The molecule has 0 bridgehead atoms. The molecule has 0 atom stereocenters. The van der Waals surface area contributed by atoms with E-state index in [1.54, 1.807) is 12.1 Å². The summed E-state index contributed by atoms with van der Waals surface area (Å²) in [7, 11) is 0. The van der Waals surface area contributed by atoms with Crippen molar-refractivity contribution in [1.29, 1.82) is 0 Å². The minimum absolute atomic E-state index is 0.0543. The van der Waals surface area contributed by atoms with Crippen LogP contribution < -0.4 is 11.1 Å². The highest BCUT2D eigenvalue weighted by Gasteiger charge is 2.30. The number of phenolic OH excluding ortho intramolecular Hbond substituents is 1. The Kier molecular flexibility index (Phi) is 3.69. The van der Waals surface area contributed by atoms with Gasteiger partial charge in [0.25, 0.3) is 0 Å². The van der Waals surface area contributed by atoms with E-state index in [0.29, 0.717) is 11.3 Å². The number of benzene rings is 1. The van der Waals surface area contributed by atoms with E-state index < -0.39 is 11.7 Å². The molecule has 0 radical (unpaired) electrons. The lowest BCUT2D eigenvalue weighted by Crippen LogP contribution is -2.07. The summed E-state index contributed by atoms with van der Waals surface area (Å²) in [4.78, 5) is 3.67. The fourth-order valence-electron chi connectivity index (χ4n) is 1.60. The molecule has 4 nitrogen and oxygen atoms in total. The maximum atomic E-state index is 12.4. The van der Waals surface area contributed by atoms with Crippen LogP contribution in [0.1, 0.15) is 11.1 Å². The molecule has 2 rings (SSSR count). The molecular weight excluding hydrogens is 271 g/mol. The summed E-state index contributed by atoms with van der Waals surface area (Å²) in [6.07, 6.45) is -3.65. The van der Waals surface area contributed by atoms with Crippen LogP contribution in [-0.2, 0) is 12.7 Å². The fraction of sp³-hybridized carbons (Fsp3) is 0.154. The molecule has 2 aromatic rings. The molecule has 20 heavy (non-hydrogen) atoms. The molecule has 106 valence electrons. The number of nitrogens with zero attached hydrogens (tertiary/aromatic N) is 1. The predicted octanol–water partition coefficient (Wildman–Crippen LogP) is 3.00. The lowest BCUT2D eigenvalue weighted by molar-refractivity contribution is -0.137. The van der Waals surface area contributed by atoms with Crippen molar-refractivity contribution in [2.75, 3.05) is 11.1 Å². The molecule has 4 N–H and O–H groups in total. The van der Waals surface area contributed by atoms with Crippen LogP contribution in [0.3, 0.4) is 0 Å². The second kappa shape index (κ2) is 5.28. The molecule has 0 aliphatic heterocycles. The third kappa shape index (κ3) is 3.31. The van der Waals surface area contributed by atoms with Crippen LogP contribution in [-0.4, -0.2) is 10.1 Å². The van der Waals surface area contributed by atoms with Crippen LogP contribution in [0.5, 0.6) is 5.75 Å². The van der Waals surface area contributed by atoms with Crippen LogP contribution in [0.25, 0.3) is 0 Å². The summed E-state index contributed by atoms with van der Waals surface area (Å²) >= 11 is 0. The van der Waals surface area contributed by atoms with Crippen molar-refractivity contribution in [3.05, 3.63) is 47.7 Å². The van der Waals surface area contributed by atoms with Gasteiger partial charge in [-0.3, -0.25) is 0 Å². The number of hydrogen-bond donors (Lipinski definition) is 3. The quantitative estimate of drug-likeness (QED) is 0.598.